The first kappa shape index (κ1) is 7.12. The molecule has 0 atom stereocenters. The van der Waals surface area contributed by atoms with Gasteiger partial charge in [-0.25, -0.2) is 0 Å². The van der Waals surface area contributed by atoms with Crippen LogP contribution in [0.5, 0.6) is 0 Å². The van der Waals surface area contributed by atoms with Crippen LogP contribution in [0.25, 0.3) is 0 Å². The molecule has 0 aliphatic heterocycles. The van der Waals surface area contributed by atoms with Gasteiger partial charge in [-0.05, 0) is 24.8 Å². The van der Waals surface area contributed by atoms with Crippen LogP contribution in [0.1, 0.15) is 12.8 Å². The Morgan fingerprint density at radius 3 is 2.50 bits per heavy atom. The summed E-state index contributed by atoms with van der Waals surface area (Å²) in [7, 11) is 1.66. The predicted octanol–water partition coefficient (Wildman–Crippen LogP) is 0.226. The van der Waals surface area contributed by atoms with E-state index in [1.807, 2.05) is 0 Å². The van der Waals surface area contributed by atoms with E-state index in [0.29, 0.717) is 11.8 Å². The molecule has 4 N–H and O–H groups in total. The summed E-state index contributed by atoms with van der Waals surface area (Å²) in [6, 6.07) is 0. The van der Waals surface area contributed by atoms with Gasteiger partial charge < -0.3 is 11.5 Å². The lowest BCUT2D eigenvalue weighted by Crippen LogP contribution is -2.11. The minimum absolute atomic E-state index is 0.518. The Morgan fingerprint density at radius 1 is 1.50 bits per heavy atom. The normalized spacial score (nSPS) is 21.3. The van der Waals surface area contributed by atoms with E-state index in [1.165, 1.54) is 12.8 Å². The molecule has 0 aromatic rings. The van der Waals surface area contributed by atoms with E-state index in [1.54, 1.807) is 13.1 Å². The van der Waals surface area contributed by atoms with E-state index in [2.05, 4.69) is 4.99 Å². The van der Waals surface area contributed by atoms with Crippen molar-refractivity contribution in [2.75, 3.05) is 7.05 Å². The summed E-state index contributed by atoms with van der Waals surface area (Å²) in [4.78, 5) is 3.78. The number of rotatable bonds is 2. The first-order valence-corrected chi connectivity index (χ1v) is 3.43. The number of nitrogens with two attached hydrogens (primary N) is 2. The van der Waals surface area contributed by atoms with Crippen LogP contribution in [-0.4, -0.2) is 12.9 Å². The first-order valence-electron chi connectivity index (χ1n) is 3.43. The second-order valence-electron chi connectivity index (χ2n) is 2.57. The van der Waals surface area contributed by atoms with Gasteiger partial charge >= 0.3 is 0 Å². The van der Waals surface area contributed by atoms with Gasteiger partial charge in [-0.15, -0.1) is 0 Å². The second-order valence-corrected chi connectivity index (χ2v) is 2.57. The molecule has 0 aromatic heterocycles. The van der Waals surface area contributed by atoms with Gasteiger partial charge in [0.1, 0.15) is 5.84 Å². The maximum atomic E-state index is 5.66. The van der Waals surface area contributed by atoms with Crippen LogP contribution in [0.15, 0.2) is 16.8 Å². The number of amidine groups is 1. The predicted molar refractivity (Wildman–Crippen MR) is 42.5 cm³/mol. The highest BCUT2D eigenvalue weighted by molar-refractivity contribution is 5.91. The number of hydrogen-bond acceptors (Lipinski definition) is 2. The fraction of sp³-hybridized carbons (Fsp3) is 0.571. The Bertz CT molecular complexity index is 177. The molecule has 3 heteroatoms. The second kappa shape index (κ2) is 2.73. The zero-order valence-electron chi connectivity index (χ0n) is 6.17. The summed E-state index contributed by atoms with van der Waals surface area (Å²) in [5.41, 5.74) is 12.0. The third-order valence-electron chi connectivity index (χ3n) is 1.62. The Hall–Kier alpha value is -0.990. The van der Waals surface area contributed by atoms with Crippen molar-refractivity contribution in [1.82, 2.24) is 0 Å². The Labute approximate surface area is 60.8 Å². The van der Waals surface area contributed by atoms with Gasteiger partial charge in [0.25, 0.3) is 0 Å². The smallest absolute Gasteiger partial charge is 0.119 e. The molecule has 3 nitrogen and oxygen atoms in total. The van der Waals surface area contributed by atoms with Crippen LogP contribution in [0.2, 0.25) is 0 Å². The van der Waals surface area contributed by atoms with Gasteiger partial charge in [0, 0.05) is 12.7 Å². The fourth-order valence-corrected chi connectivity index (χ4v) is 0.770. The number of hydrogen-bond donors (Lipinski definition) is 2. The molecule has 1 fully saturated rings. The molecule has 0 spiro atoms. The zero-order valence-corrected chi connectivity index (χ0v) is 6.17. The SMILES string of the molecule is CN=C(N)/C=C(\N)C1CC1. The fourth-order valence-electron chi connectivity index (χ4n) is 0.770. The Kier molecular flexibility index (Phi) is 1.94. The first-order chi connectivity index (χ1) is 4.74. The van der Waals surface area contributed by atoms with Crippen molar-refractivity contribution >= 4 is 5.84 Å². The van der Waals surface area contributed by atoms with Gasteiger partial charge in [-0.2, -0.15) is 0 Å². The topological polar surface area (TPSA) is 64.4 Å². The van der Waals surface area contributed by atoms with E-state index in [0.717, 1.165) is 5.70 Å². The molecule has 0 saturated heterocycles. The monoisotopic (exact) mass is 139 g/mol. The molecule has 1 aliphatic rings. The molecule has 1 rings (SSSR count). The van der Waals surface area contributed by atoms with Crippen molar-refractivity contribution in [3.8, 4) is 0 Å². The van der Waals surface area contributed by atoms with Crippen LogP contribution in [-0.2, 0) is 0 Å². The zero-order chi connectivity index (χ0) is 7.56. The van der Waals surface area contributed by atoms with Crippen LogP contribution in [0.3, 0.4) is 0 Å². The summed E-state index contributed by atoms with van der Waals surface area (Å²) in [6.07, 6.45) is 4.16. The van der Waals surface area contributed by atoms with E-state index in [-0.39, 0.29) is 0 Å². The van der Waals surface area contributed by atoms with Gasteiger partial charge in [0.15, 0.2) is 0 Å². The molecule has 1 saturated carbocycles. The third-order valence-corrected chi connectivity index (χ3v) is 1.62. The number of allylic oxidation sites excluding steroid dienone is 1. The lowest BCUT2D eigenvalue weighted by Gasteiger charge is -1.95. The third kappa shape index (κ3) is 1.76. The lowest BCUT2D eigenvalue weighted by molar-refractivity contribution is 0.982. The molecule has 0 bridgehead atoms. The highest BCUT2D eigenvalue weighted by Gasteiger charge is 2.23. The molecule has 10 heavy (non-hydrogen) atoms. The maximum Gasteiger partial charge on any atom is 0.119 e. The Morgan fingerprint density at radius 2 is 2.10 bits per heavy atom. The van der Waals surface area contributed by atoms with Crippen LogP contribution in [0, 0.1) is 5.92 Å². The number of aliphatic imine (C=N–C) groups is 1. The van der Waals surface area contributed by atoms with Crippen molar-refractivity contribution in [3.63, 3.8) is 0 Å². The van der Waals surface area contributed by atoms with Gasteiger partial charge in [-0.3, -0.25) is 4.99 Å². The largest absolute Gasteiger partial charge is 0.402 e. The standard InChI is InChI=1S/C7H13N3/c1-10-7(9)4-6(8)5-2-3-5/h4-5H,2-3,8H2,1H3,(H2,9,10)/b6-4-. The molecule has 0 heterocycles. The minimum Gasteiger partial charge on any atom is -0.402 e. The van der Waals surface area contributed by atoms with Crippen molar-refractivity contribution in [1.29, 1.82) is 0 Å². The van der Waals surface area contributed by atoms with Crippen molar-refractivity contribution in [2.24, 2.45) is 22.4 Å². The molecule has 0 aromatic carbocycles. The molecule has 0 amide bonds. The lowest BCUT2D eigenvalue weighted by atomic mass is 10.3. The average Bonchev–Trinajstić information content (AvgIpc) is 2.68. The van der Waals surface area contributed by atoms with E-state index < -0.39 is 0 Å². The van der Waals surface area contributed by atoms with Crippen molar-refractivity contribution < 1.29 is 0 Å². The van der Waals surface area contributed by atoms with Crippen LogP contribution < -0.4 is 11.5 Å². The highest BCUT2D eigenvalue weighted by Crippen LogP contribution is 2.33. The summed E-state index contributed by atoms with van der Waals surface area (Å²) >= 11 is 0. The molecular formula is C7H13N3. The number of nitrogens with zero attached hydrogens (tertiary/aromatic N) is 1. The average molecular weight is 139 g/mol. The maximum absolute atomic E-state index is 5.66. The molecule has 1 aliphatic carbocycles. The van der Waals surface area contributed by atoms with Crippen molar-refractivity contribution in [2.45, 2.75) is 12.8 Å². The molecule has 0 radical (unpaired) electrons. The minimum atomic E-state index is 0.518. The quantitative estimate of drug-likeness (QED) is 0.425. The Balaban J connectivity index is 2.51. The van der Waals surface area contributed by atoms with Crippen molar-refractivity contribution in [3.05, 3.63) is 11.8 Å². The van der Waals surface area contributed by atoms with Crippen LogP contribution >= 0.6 is 0 Å². The van der Waals surface area contributed by atoms with E-state index in [9.17, 15) is 0 Å². The summed E-state index contributed by atoms with van der Waals surface area (Å²) in [6.45, 7) is 0. The molecule has 56 valence electrons. The summed E-state index contributed by atoms with van der Waals surface area (Å²) in [5, 5.41) is 0. The van der Waals surface area contributed by atoms with Gasteiger partial charge in [0.2, 0.25) is 0 Å². The van der Waals surface area contributed by atoms with Gasteiger partial charge in [-0.1, -0.05) is 0 Å². The highest BCUT2D eigenvalue weighted by atomic mass is 14.8. The summed E-state index contributed by atoms with van der Waals surface area (Å²) in [5.74, 6) is 1.10. The molecular weight excluding hydrogens is 126 g/mol. The van der Waals surface area contributed by atoms with Gasteiger partial charge in [0.05, 0.1) is 0 Å². The van der Waals surface area contributed by atoms with E-state index >= 15 is 0 Å². The molecule has 0 unspecified atom stereocenters. The summed E-state index contributed by atoms with van der Waals surface area (Å²) < 4.78 is 0. The van der Waals surface area contributed by atoms with Crippen LogP contribution in [0.4, 0.5) is 0 Å². The van der Waals surface area contributed by atoms with E-state index in [4.69, 9.17) is 11.5 Å².